The zero-order chi connectivity index (χ0) is 21.2. The lowest BCUT2D eigenvalue weighted by atomic mass is 10.1. The molecule has 2 aliphatic rings. The van der Waals surface area contributed by atoms with E-state index >= 15 is 0 Å². The van der Waals surface area contributed by atoms with Gasteiger partial charge in [0.05, 0.1) is 18.8 Å². The monoisotopic (exact) mass is 425 g/mol. The van der Waals surface area contributed by atoms with Gasteiger partial charge in [0.2, 0.25) is 5.88 Å². The summed E-state index contributed by atoms with van der Waals surface area (Å²) in [4.78, 5) is 32.8. The Morgan fingerprint density at radius 3 is 2.66 bits per heavy atom. The lowest BCUT2D eigenvalue weighted by Gasteiger charge is -2.40. The van der Waals surface area contributed by atoms with Crippen LogP contribution in [0.4, 0.5) is 4.79 Å². The fourth-order valence-electron chi connectivity index (χ4n) is 3.31. The molecule has 160 valence electrons. The molecule has 0 spiro atoms. The first kappa shape index (κ1) is 21.6. The summed E-state index contributed by atoms with van der Waals surface area (Å²) in [6.45, 7) is 9.80. The second kappa shape index (κ2) is 8.75. The van der Waals surface area contributed by atoms with E-state index in [0.29, 0.717) is 49.3 Å². The molecule has 9 heteroatoms. The Balaban J connectivity index is 1.62. The number of halogens is 1. The van der Waals surface area contributed by atoms with Gasteiger partial charge in [-0.3, -0.25) is 4.79 Å². The molecule has 8 nitrogen and oxygen atoms in total. The van der Waals surface area contributed by atoms with Crippen LogP contribution in [0.1, 0.15) is 44.5 Å². The van der Waals surface area contributed by atoms with E-state index < -0.39 is 5.60 Å². The molecular formula is C20H28ClN3O5. The van der Waals surface area contributed by atoms with E-state index in [2.05, 4.69) is 4.98 Å². The standard InChI is InChI=1S/C20H28ClN3O5/c1-13-11-23(19(26)29-20(2,3)4)6-7-24(13)18(25)14-9-16(21)17(22-10-14)28-15-5-8-27-12-15/h9-10,13,15H,5-8,11-12H2,1-4H3. The van der Waals surface area contributed by atoms with Gasteiger partial charge in [-0.1, -0.05) is 11.6 Å². The van der Waals surface area contributed by atoms with Gasteiger partial charge in [0, 0.05) is 38.3 Å². The largest absolute Gasteiger partial charge is 0.471 e. The van der Waals surface area contributed by atoms with Gasteiger partial charge in [0.15, 0.2) is 0 Å². The minimum absolute atomic E-state index is 0.0671. The minimum Gasteiger partial charge on any atom is -0.471 e. The summed E-state index contributed by atoms with van der Waals surface area (Å²) in [6.07, 6.45) is 1.84. The summed E-state index contributed by atoms with van der Waals surface area (Å²) in [5.74, 6) is 0.132. The highest BCUT2D eigenvalue weighted by Crippen LogP contribution is 2.26. The number of rotatable bonds is 3. The molecule has 0 saturated carbocycles. The van der Waals surface area contributed by atoms with Crippen LogP contribution >= 0.6 is 11.6 Å². The molecule has 0 N–H and O–H groups in total. The third-order valence-electron chi connectivity index (χ3n) is 4.76. The van der Waals surface area contributed by atoms with Crippen LogP contribution in [-0.2, 0) is 9.47 Å². The van der Waals surface area contributed by atoms with Crippen LogP contribution in [0.3, 0.4) is 0 Å². The molecule has 2 saturated heterocycles. The fourth-order valence-corrected chi connectivity index (χ4v) is 3.52. The van der Waals surface area contributed by atoms with Crippen molar-refractivity contribution in [3.05, 3.63) is 22.8 Å². The third-order valence-corrected chi connectivity index (χ3v) is 5.03. The van der Waals surface area contributed by atoms with Gasteiger partial charge < -0.3 is 24.0 Å². The Kier molecular flexibility index (Phi) is 6.53. The highest BCUT2D eigenvalue weighted by atomic mass is 35.5. The van der Waals surface area contributed by atoms with Crippen molar-refractivity contribution < 1.29 is 23.8 Å². The molecule has 0 radical (unpaired) electrons. The summed E-state index contributed by atoms with van der Waals surface area (Å²) in [5.41, 5.74) is -0.160. The predicted octanol–water partition coefficient (Wildman–Crippen LogP) is 2.98. The van der Waals surface area contributed by atoms with Gasteiger partial charge in [0.1, 0.15) is 16.7 Å². The molecule has 0 bridgehead atoms. The van der Waals surface area contributed by atoms with Crippen molar-refractivity contribution in [3.8, 4) is 5.88 Å². The molecule has 1 aromatic heterocycles. The summed E-state index contributed by atoms with van der Waals surface area (Å²) >= 11 is 6.28. The molecule has 2 amide bonds. The Morgan fingerprint density at radius 1 is 1.31 bits per heavy atom. The highest BCUT2D eigenvalue weighted by Gasteiger charge is 2.33. The third kappa shape index (κ3) is 5.51. The van der Waals surface area contributed by atoms with E-state index in [1.165, 1.54) is 6.20 Å². The van der Waals surface area contributed by atoms with Crippen LogP contribution < -0.4 is 4.74 Å². The smallest absolute Gasteiger partial charge is 0.410 e. The van der Waals surface area contributed by atoms with Crippen LogP contribution in [0.2, 0.25) is 5.02 Å². The number of carbonyl (C=O) groups excluding carboxylic acids is 2. The van der Waals surface area contributed by atoms with E-state index in [4.69, 9.17) is 25.8 Å². The number of carbonyl (C=O) groups is 2. The number of piperazine rings is 1. The number of pyridine rings is 1. The maximum atomic E-state index is 13.0. The fraction of sp³-hybridized carbons (Fsp3) is 0.650. The number of nitrogens with zero attached hydrogens (tertiary/aromatic N) is 3. The molecule has 2 fully saturated rings. The van der Waals surface area contributed by atoms with Gasteiger partial charge >= 0.3 is 6.09 Å². The molecule has 3 heterocycles. The van der Waals surface area contributed by atoms with Crippen molar-refractivity contribution in [1.82, 2.24) is 14.8 Å². The molecular weight excluding hydrogens is 398 g/mol. The number of amides is 2. The number of ether oxygens (including phenoxy) is 3. The van der Waals surface area contributed by atoms with E-state index in [1.54, 1.807) is 15.9 Å². The number of hydrogen-bond donors (Lipinski definition) is 0. The van der Waals surface area contributed by atoms with Crippen LogP contribution in [0, 0.1) is 0 Å². The van der Waals surface area contributed by atoms with Crippen LogP contribution in [0.5, 0.6) is 5.88 Å². The number of aromatic nitrogens is 1. The quantitative estimate of drug-likeness (QED) is 0.740. The SMILES string of the molecule is CC1CN(C(=O)OC(C)(C)C)CCN1C(=O)c1cnc(OC2CCOC2)c(Cl)c1. The van der Waals surface area contributed by atoms with Crippen LogP contribution in [0.25, 0.3) is 0 Å². The van der Waals surface area contributed by atoms with Gasteiger partial charge in [-0.15, -0.1) is 0 Å². The highest BCUT2D eigenvalue weighted by molar-refractivity contribution is 6.32. The molecule has 1 aromatic rings. The zero-order valence-corrected chi connectivity index (χ0v) is 18.1. The van der Waals surface area contributed by atoms with E-state index in [0.717, 1.165) is 6.42 Å². The Bertz CT molecular complexity index is 761. The van der Waals surface area contributed by atoms with E-state index in [9.17, 15) is 9.59 Å². The van der Waals surface area contributed by atoms with Crippen molar-refractivity contribution in [2.75, 3.05) is 32.8 Å². The van der Waals surface area contributed by atoms with Crippen molar-refractivity contribution in [2.45, 2.75) is 51.9 Å². The van der Waals surface area contributed by atoms with Crippen LogP contribution in [-0.4, -0.2) is 77.4 Å². The predicted molar refractivity (Wildman–Crippen MR) is 107 cm³/mol. The van der Waals surface area contributed by atoms with E-state index in [1.807, 2.05) is 27.7 Å². The topological polar surface area (TPSA) is 81.2 Å². The molecule has 2 atom stereocenters. The maximum absolute atomic E-state index is 13.0. The first-order valence-electron chi connectivity index (χ1n) is 9.83. The number of hydrogen-bond acceptors (Lipinski definition) is 6. The van der Waals surface area contributed by atoms with E-state index in [-0.39, 0.29) is 24.1 Å². The van der Waals surface area contributed by atoms with Crippen molar-refractivity contribution in [1.29, 1.82) is 0 Å². The zero-order valence-electron chi connectivity index (χ0n) is 17.3. The lowest BCUT2D eigenvalue weighted by Crippen LogP contribution is -2.56. The van der Waals surface area contributed by atoms with Gasteiger partial charge in [-0.05, 0) is 33.8 Å². The normalized spacial score (nSPS) is 22.5. The van der Waals surface area contributed by atoms with Gasteiger partial charge in [0.25, 0.3) is 5.91 Å². The second-order valence-electron chi connectivity index (χ2n) is 8.39. The average molecular weight is 426 g/mol. The molecule has 0 aliphatic carbocycles. The molecule has 29 heavy (non-hydrogen) atoms. The Morgan fingerprint density at radius 2 is 2.07 bits per heavy atom. The summed E-state index contributed by atoms with van der Waals surface area (Å²) in [7, 11) is 0. The maximum Gasteiger partial charge on any atom is 0.410 e. The van der Waals surface area contributed by atoms with Gasteiger partial charge in [-0.2, -0.15) is 0 Å². The summed E-state index contributed by atoms with van der Waals surface area (Å²) in [5, 5.41) is 0.294. The Labute approximate surface area is 176 Å². The molecule has 2 unspecified atom stereocenters. The summed E-state index contributed by atoms with van der Waals surface area (Å²) < 4.78 is 16.4. The minimum atomic E-state index is -0.551. The average Bonchev–Trinajstić information content (AvgIpc) is 3.14. The van der Waals surface area contributed by atoms with Crippen molar-refractivity contribution in [2.24, 2.45) is 0 Å². The molecule has 0 aromatic carbocycles. The first-order chi connectivity index (χ1) is 13.6. The van der Waals surface area contributed by atoms with Crippen LogP contribution in [0.15, 0.2) is 12.3 Å². The van der Waals surface area contributed by atoms with Crippen molar-refractivity contribution in [3.63, 3.8) is 0 Å². The molecule has 2 aliphatic heterocycles. The summed E-state index contributed by atoms with van der Waals surface area (Å²) in [6, 6.07) is 1.42. The lowest BCUT2D eigenvalue weighted by molar-refractivity contribution is 0.00615. The first-order valence-corrected chi connectivity index (χ1v) is 10.2. The molecule has 3 rings (SSSR count). The van der Waals surface area contributed by atoms with Crippen molar-refractivity contribution >= 4 is 23.6 Å². The second-order valence-corrected chi connectivity index (χ2v) is 8.80. The van der Waals surface area contributed by atoms with Gasteiger partial charge in [-0.25, -0.2) is 9.78 Å². The Hall–Kier alpha value is -2.06.